The summed E-state index contributed by atoms with van der Waals surface area (Å²) in [6.45, 7) is 1.78. The van der Waals surface area contributed by atoms with Gasteiger partial charge >= 0.3 is 5.97 Å². The molecule has 2 heterocycles. The van der Waals surface area contributed by atoms with Crippen molar-refractivity contribution in [1.82, 2.24) is 4.57 Å². The molecule has 1 aromatic heterocycles. The van der Waals surface area contributed by atoms with E-state index in [2.05, 4.69) is 0 Å². The number of carbonyl (C=O) groups is 1. The summed E-state index contributed by atoms with van der Waals surface area (Å²) in [7, 11) is 0. The molecule has 1 N–H and O–H groups in total. The number of hydrogen-bond acceptors (Lipinski definition) is 4. The average Bonchev–Trinajstić information content (AvgIpc) is 2.33. The molecule has 1 unspecified atom stereocenters. The molecule has 1 fully saturated rings. The number of carboxylic acids is 1. The summed E-state index contributed by atoms with van der Waals surface area (Å²) < 4.78 is 12.0. The lowest BCUT2D eigenvalue weighted by Crippen LogP contribution is -2.35. The van der Waals surface area contributed by atoms with Crippen molar-refractivity contribution < 1.29 is 19.4 Å². The SMILES string of the molecule is O=C(O)c1ccc(=O)n(CC2COCCO2)c1. The average molecular weight is 239 g/mol. The minimum absolute atomic E-state index is 0.0846. The molecule has 1 aliphatic rings. The second-order valence-electron chi connectivity index (χ2n) is 3.78. The second kappa shape index (κ2) is 5.11. The largest absolute Gasteiger partial charge is 0.478 e. The van der Waals surface area contributed by atoms with Gasteiger partial charge in [0.2, 0.25) is 0 Å². The van der Waals surface area contributed by atoms with Gasteiger partial charge in [-0.05, 0) is 6.07 Å². The van der Waals surface area contributed by atoms with Gasteiger partial charge in [-0.15, -0.1) is 0 Å². The maximum absolute atomic E-state index is 11.5. The minimum Gasteiger partial charge on any atom is -0.478 e. The van der Waals surface area contributed by atoms with Crippen LogP contribution in [0.1, 0.15) is 10.4 Å². The highest BCUT2D eigenvalue weighted by atomic mass is 16.6. The summed E-state index contributed by atoms with van der Waals surface area (Å²) in [5.41, 5.74) is -0.162. The molecule has 2 rings (SSSR count). The number of rotatable bonds is 3. The molecule has 0 radical (unpaired) electrons. The molecule has 1 aromatic rings. The van der Waals surface area contributed by atoms with Crippen molar-refractivity contribution in [1.29, 1.82) is 0 Å². The van der Waals surface area contributed by atoms with E-state index in [1.165, 1.54) is 22.9 Å². The highest BCUT2D eigenvalue weighted by molar-refractivity contribution is 5.87. The van der Waals surface area contributed by atoms with E-state index >= 15 is 0 Å². The quantitative estimate of drug-likeness (QED) is 0.801. The Morgan fingerprint density at radius 2 is 2.29 bits per heavy atom. The summed E-state index contributed by atoms with van der Waals surface area (Å²) in [5.74, 6) is -1.06. The molecule has 0 aromatic carbocycles. The van der Waals surface area contributed by atoms with Crippen LogP contribution in [-0.2, 0) is 16.0 Å². The van der Waals surface area contributed by atoms with Crippen LogP contribution in [0.25, 0.3) is 0 Å². The molecule has 0 bridgehead atoms. The second-order valence-corrected chi connectivity index (χ2v) is 3.78. The number of ether oxygens (including phenoxy) is 2. The van der Waals surface area contributed by atoms with Gasteiger partial charge in [-0.25, -0.2) is 4.79 Å². The van der Waals surface area contributed by atoms with E-state index in [1.54, 1.807) is 0 Å². The van der Waals surface area contributed by atoms with Crippen LogP contribution in [0, 0.1) is 0 Å². The summed E-state index contributed by atoms with van der Waals surface area (Å²) in [6, 6.07) is 2.53. The lowest BCUT2D eigenvalue weighted by Gasteiger charge is -2.23. The first-order valence-corrected chi connectivity index (χ1v) is 5.30. The Bertz CT molecular complexity index is 461. The third kappa shape index (κ3) is 2.92. The Morgan fingerprint density at radius 3 is 2.94 bits per heavy atom. The maximum Gasteiger partial charge on any atom is 0.337 e. The van der Waals surface area contributed by atoms with Gasteiger partial charge in [-0.1, -0.05) is 0 Å². The maximum atomic E-state index is 11.5. The van der Waals surface area contributed by atoms with Crippen LogP contribution in [0.5, 0.6) is 0 Å². The first-order valence-electron chi connectivity index (χ1n) is 5.30. The zero-order valence-electron chi connectivity index (χ0n) is 9.17. The van der Waals surface area contributed by atoms with Gasteiger partial charge in [-0.3, -0.25) is 4.79 Å². The van der Waals surface area contributed by atoms with E-state index in [9.17, 15) is 9.59 Å². The molecule has 1 aliphatic heterocycles. The molecule has 0 aliphatic carbocycles. The van der Waals surface area contributed by atoms with E-state index in [0.717, 1.165) is 0 Å². The Balaban J connectivity index is 2.16. The number of pyridine rings is 1. The van der Waals surface area contributed by atoms with Gasteiger partial charge in [0.25, 0.3) is 5.56 Å². The van der Waals surface area contributed by atoms with E-state index in [-0.39, 0.29) is 17.2 Å². The summed E-state index contributed by atoms with van der Waals surface area (Å²) in [5, 5.41) is 8.83. The third-order valence-electron chi connectivity index (χ3n) is 2.52. The molecule has 92 valence electrons. The Kier molecular flexibility index (Phi) is 3.55. The number of nitrogens with zero attached hydrogens (tertiary/aromatic N) is 1. The fraction of sp³-hybridized carbons (Fsp3) is 0.455. The van der Waals surface area contributed by atoms with Crippen LogP contribution in [0.3, 0.4) is 0 Å². The van der Waals surface area contributed by atoms with Crippen molar-refractivity contribution >= 4 is 5.97 Å². The van der Waals surface area contributed by atoms with Crippen LogP contribution in [-0.4, -0.2) is 41.6 Å². The van der Waals surface area contributed by atoms with Crippen LogP contribution in [0.4, 0.5) is 0 Å². The number of hydrogen-bond donors (Lipinski definition) is 1. The van der Waals surface area contributed by atoms with Crippen molar-refractivity contribution in [2.45, 2.75) is 12.6 Å². The monoisotopic (exact) mass is 239 g/mol. The van der Waals surface area contributed by atoms with Crippen molar-refractivity contribution in [2.75, 3.05) is 19.8 Å². The number of aromatic carboxylic acids is 1. The first-order chi connectivity index (χ1) is 8.16. The predicted octanol–water partition coefficient (Wildman–Crippen LogP) is -0.0381. The molecular weight excluding hydrogens is 226 g/mol. The zero-order chi connectivity index (χ0) is 12.3. The summed E-state index contributed by atoms with van der Waals surface area (Å²) in [6.07, 6.45) is 1.12. The first kappa shape index (κ1) is 11.8. The predicted molar refractivity (Wildman–Crippen MR) is 58.2 cm³/mol. The molecule has 17 heavy (non-hydrogen) atoms. The van der Waals surface area contributed by atoms with E-state index < -0.39 is 5.97 Å². The third-order valence-corrected chi connectivity index (χ3v) is 2.52. The van der Waals surface area contributed by atoms with E-state index in [0.29, 0.717) is 26.4 Å². The van der Waals surface area contributed by atoms with Crippen molar-refractivity contribution in [3.63, 3.8) is 0 Å². The topological polar surface area (TPSA) is 77.8 Å². The molecule has 0 amide bonds. The number of carboxylic acid groups (broad SMARTS) is 1. The highest BCUT2D eigenvalue weighted by Gasteiger charge is 2.16. The molecule has 0 spiro atoms. The Labute approximate surface area is 97.4 Å². The standard InChI is InChI=1S/C11H13NO5/c13-10-2-1-8(11(14)15)5-12(10)6-9-7-16-3-4-17-9/h1-2,5,9H,3-4,6-7H2,(H,14,15). The van der Waals surface area contributed by atoms with Crippen LogP contribution in [0.15, 0.2) is 23.1 Å². The van der Waals surface area contributed by atoms with E-state index in [4.69, 9.17) is 14.6 Å². The zero-order valence-corrected chi connectivity index (χ0v) is 9.17. The van der Waals surface area contributed by atoms with Gasteiger partial charge in [0, 0.05) is 12.3 Å². The van der Waals surface area contributed by atoms with Crippen molar-refractivity contribution in [3.8, 4) is 0 Å². The molecule has 0 saturated carbocycles. The van der Waals surface area contributed by atoms with E-state index in [1.807, 2.05) is 0 Å². The van der Waals surface area contributed by atoms with Gasteiger partial charge in [-0.2, -0.15) is 0 Å². The summed E-state index contributed by atoms with van der Waals surface area (Å²) in [4.78, 5) is 22.3. The van der Waals surface area contributed by atoms with Crippen LogP contribution < -0.4 is 5.56 Å². The van der Waals surface area contributed by atoms with Crippen molar-refractivity contribution in [3.05, 3.63) is 34.2 Å². The summed E-state index contributed by atoms with van der Waals surface area (Å²) >= 11 is 0. The van der Waals surface area contributed by atoms with Crippen LogP contribution in [0.2, 0.25) is 0 Å². The Hall–Kier alpha value is -1.66. The molecular formula is C11H13NO5. The normalized spacial score (nSPS) is 20.1. The lowest BCUT2D eigenvalue weighted by atomic mass is 10.2. The molecule has 1 saturated heterocycles. The fourth-order valence-corrected chi connectivity index (χ4v) is 1.66. The highest BCUT2D eigenvalue weighted by Crippen LogP contribution is 2.04. The molecule has 6 heteroatoms. The van der Waals surface area contributed by atoms with Gasteiger partial charge in [0.1, 0.15) is 0 Å². The van der Waals surface area contributed by atoms with Gasteiger partial charge in [0.05, 0.1) is 38.0 Å². The van der Waals surface area contributed by atoms with Crippen molar-refractivity contribution in [2.24, 2.45) is 0 Å². The van der Waals surface area contributed by atoms with Gasteiger partial charge in [0.15, 0.2) is 0 Å². The Morgan fingerprint density at radius 1 is 1.47 bits per heavy atom. The van der Waals surface area contributed by atoms with Gasteiger partial charge < -0.3 is 19.1 Å². The lowest BCUT2D eigenvalue weighted by molar-refractivity contribution is -0.0938. The minimum atomic E-state index is -1.06. The fourth-order valence-electron chi connectivity index (χ4n) is 1.66. The van der Waals surface area contributed by atoms with Crippen LogP contribution >= 0.6 is 0 Å². The smallest absolute Gasteiger partial charge is 0.337 e. The molecule has 6 nitrogen and oxygen atoms in total. The number of aromatic nitrogens is 1. The molecule has 1 atom stereocenters.